The Hall–Kier alpha value is -1.44. The number of benzene rings is 1. The average Bonchev–Trinajstić information content (AvgIpc) is 2.51. The number of anilines is 1. The van der Waals surface area contributed by atoms with Crippen molar-refractivity contribution in [3.05, 3.63) is 29.8 Å². The van der Waals surface area contributed by atoms with E-state index in [2.05, 4.69) is 16.3 Å². The second kappa shape index (κ2) is 8.60. The second-order valence-corrected chi connectivity index (χ2v) is 7.99. The Bertz CT molecular complexity index is 652. The van der Waals surface area contributed by atoms with E-state index in [1.54, 1.807) is 0 Å². The molecule has 6 nitrogen and oxygen atoms in total. The van der Waals surface area contributed by atoms with Crippen LogP contribution in [-0.4, -0.2) is 49.2 Å². The van der Waals surface area contributed by atoms with E-state index in [0.29, 0.717) is 12.3 Å². The molecule has 1 aromatic rings. The molecule has 7 heteroatoms. The van der Waals surface area contributed by atoms with E-state index in [1.807, 2.05) is 18.2 Å². The summed E-state index contributed by atoms with van der Waals surface area (Å²) in [5.74, 6) is 0.277. The maximum absolute atomic E-state index is 11.2. The number of amides is 1. The van der Waals surface area contributed by atoms with Gasteiger partial charge in [0.2, 0.25) is 5.91 Å². The van der Waals surface area contributed by atoms with Crippen molar-refractivity contribution in [1.82, 2.24) is 4.90 Å². The van der Waals surface area contributed by atoms with Crippen molar-refractivity contribution in [2.75, 3.05) is 30.7 Å². The number of unbranched alkanes of at least 4 members (excludes halogenated alkanes) is 1. The van der Waals surface area contributed by atoms with Gasteiger partial charge >= 0.3 is 0 Å². The van der Waals surface area contributed by atoms with Gasteiger partial charge in [0.05, 0.1) is 5.75 Å². The molecule has 0 atom stereocenters. The minimum absolute atomic E-state index is 0.0631. The molecule has 1 fully saturated rings. The molecule has 0 radical (unpaired) electrons. The van der Waals surface area contributed by atoms with Crippen LogP contribution < -0.4 is 5.32 Å². The van der Waals surface area contributed by atoms with E-state index in [0.717, 1.165) is 44.6 Å². The van der Waals surface area contributed by atoms with E-state index in [-0.39, 0.29) is 11.7 Å². The van der Waals surface area contributed by atoms with Crippen molar-refractivity contribution in [2.45, 2.75) is 38.5 Å². The number of carbonyl (C=O) groups excluding carboxylic acids is 1. The number of piperidine rings is 1. The van der Waals surface area contributed by atoms with Crippen LogP contribution in [0.5, 0.6) is 0 Å². The molecule has 0 bridgehead atoms. The summed E-state index contributed by atoms with van der Waals surface area (Å²) in [6.07, 6.45) is 3.39. The minimum atomic E-state index is -3.83. The molecule has 0 aromatic heterocycles. The van der Waals surface area contributed by atoms with E-state index >= 15 is 0 Å². The first-order valence-corrected chi connectivity index (χ1v) is 9.99. The number of nitrogens with one attached hydrogen (secondary N) is 1. The van der Waals surface area contributed by atoms with Gasteiger partial charge < -0.3 is 10.2 Å². The van der Waals surface area contributed by atoms with Crippen LogP contribution in [0.25, 0.3) is 0 Å². The molecule has 1 amide bonds. The van der Waals surface area contributed by atoms with Crippen LogP contribution in [0, 0.1) is 0 Å². The highest BCUT2D eigenvalue weighted by atomic mass is 32.2. The lowest BCUT2D eigenvalue weighted by atomic mass is 9.89. The summed E-state index contributed by atoms with van der Waals surface area (Å²) in [5.41, 5.74) is 2.10. The molecule has 134 valence electrons. The Labute approximate surface area is 144 Å². The van der Waals surface area contributed by atoms with Gasteiger partial charge in [-0.2, -0.15) is 8.42 Å². The Morgan fingerprint density at radius 3 is 2.62 bits per heavy atom. The maximum atomic E-state index is 11.2. The topological polar surface area (TPSA) is 86.7 Å². The summed E-state index contributed by atoms with van der Waals surface area (Å²) in [4.78, 5) is 13.5. The molecule has 1 heterocycles. The lowest BCUT2D eigenvalue weighted by molar-refractivity contribution is -0.114. The van der Waals surface area contributed by atoms with Gasteiger partial charge in [0.1, 0.15) is 0 Å². The fourth-order valence-corrected chi connectivity index (χ4v) is 3.75. The third-order valence-electron chi connectivity index (χ3n) is 4.39. The monoisotopic (exact) mass is 354 g/mol. The van der Waals surface area contributed by atoms with Gasteiger partial charge in [-0.25, -0.2) is 0 Å². The number of hydrogen-bond donors (Lipinski definition) is 2. The quantitative estimate of drug-likeness (QED) is 0.580. The van der Waals surface area contributed by atoms with E-state index < -0.39 is 10.1 Å². The highest BCUT2D eigenvalue weighted by Crippen LogP contribution is 2.29. The van der Waals surface area contributed by atoms with Crippen LogP contribution in [0.1, 0.15) is 44.1 Å². The highest BCUT2D eigenvalue weighted by molar-refractivity contribution is 7.85. The van der Waals surface area contributed by atoms with Crippen LogP contribution in [0.4, 0.5) is 5.69 Å². The first kappa shape index (κ1) is 18.9. The van der Waals surface area contributed by atoms with Crippen molar-refractivity contribution in [3.63, 3.8) is 0 Å². The maximum Gasteiger partial charge on any atom is 0.264 e. The predicted octanol–water partition coefficient (Wildman–Crippen LogP) is 2.49. The Balaban J connectivity index is 1.77. The van der Waals surface area contributed by atoms with Gasteiger partial charge in [0.25, 0.3) is 10.1 Å². The lowest BCUT2D eigenvalue weighted by Crippen LogP contribution is -2.33. The van der Waals surface area contributed by atoms with Crippen molar-refractivity contribution in [2.24, 2.45) is 0 Å². The van der Waals surface area contributed by atoms with Gasteiger partial charge in [-0.3, -0.25) is 9.35 Å². The van der Waals surface area contributed by atoms with Gasteiger partial charge in [-0.1, -0.05) is 12.1 Å². The molecular weight excluding hydrogens is 328 g/mol. The molecule has 2 N–H and O–H groups in total. The number of likely N-dealkylation sites (tertiary alicyclic amines) is 1. The average molecular weight is 354 g/mol. The van der Waals surface area contributed by atoms with Crippen molar-refractivity contribution >= 4 is 21.7 Å². The van der Waals surface area contributed by atoms with Crippen molar-refractivity contribution in [1.29, 1.82) is 0 Å². The molecule has 0 unspecified atom stereocenters. The Kier molecular flexibility index (Phi) is 6.77. The molecule has 1 aliphatic heterocycles. The Morgan fingerprint density at radius 1 is 1.29 bits per heavy atom. The first-order valence-electron chi connectivity index (χ1n) is 8.38. The predicted molar refractivity (Wildman–Crippen MR) is 94.8 cm³/mol. The summed E-state index contributed by atoms with van der Waals surface area (Å²) in [7, 11) is -3.83. The molecule has 0 saturated carbocycles. The number of carbonyl (C=O) groups is 1. The van der Waals surface area contributed by atoms with Gasteiger partial charge in [0.15, 0.2) is 0 Å². The molecule has 1 aromatic carbocycles. The summed E-state index contributed by atoms with van der Waals surface area (Å²) >= 11 is 0. The summed E-state index contributed by atoms with van der Waals surface area (Å²) in [6.45, 7) is 4.35. The fraction of sp³-hybridized carbons (Fsp3) is 0.588. The summed E-state index contributed by atoms with van der Waals surface area (Å²) < 4.78 is 30.1. The molecule has 1 saturated heterocycles. The highest BCUT2D eigenvalue weighted by Gasteiger charge is 2.20. The molecule has 0 aliphatic carbocycles. The fourth-order valence-electron chi connectivity index (χ4n) is 3.18. The molecular formula is C17H26N2O4S. The standard InChI is InChI=1S/C17H26N2O4S/c1-14(20)18-17-6-4-5-16(13-17)15-7-10-19(11-8-15)9-2-3-12-24(21,22)23/h4-6,13,15H,2-3,7-12H2,1H3,(H,18,20)(H,21,22,23). The largest absolute Gasteiger partial charge is 0.326 e. The smallest absolute Gasteiger partial charge is 0.264 e. The van der Waals surface area contributed by atoms with Crippen molar-refractivity contribution in [3.8, 4) is 0 Å². The van der Waals surface area contributed by atoms with E-state index in [4.69, 9.17) is 4.55 Å². The van der Waals surface area contributed by atoms with Crippen molar-refractivity contribution < 1.29 is 17.8 Å². The zero-order chi connectivity index (χ0) is 17.6. The zero-order valence-corrected chi connectivity index (χ0v) is 14.9. The van der Waals surface area contributed by atoms with Gasteiger partial charge in [0, 0.05) is 12.6 Å². The number of rotatable bonds is 7. The normalized spacial score (nSPS) is 16.9. The zero-order valence-electron chi connectivity index (χ0n) is 14.1. The van der Waals surface area contributed by atoms with Crippen LogP contribution >= 0.6 is 0 Å². The van der Waals surface area contributed by atoms with E-state index in [9.17, 15) is 13.2 Å². The summed E-state index contributed by atoms with van der Waals surface area (Å²) in [6, 6.07) is 8.03. The third-order valence-corrected chi connectivity index (χ3v) is 5.20. The SMILES string of the molecule is CC(=O)Nc1cccc(C2CCN(CCCCS(=O)(=O)O)CC2)c1. The van der Waals surface area contributed by atoms with Gasteiger partial charge in [-0.15, -0.1) is 0 Å². The third kappa shape index (κ3) is 6.59. The molecule has 24 heavy (non-hydrogen) atoms. The van der Waals surface area contributed by atoms with Crippen LogP contribution in [0.2, 0.25) is 0 Å². The van der Waals surface area contributed by atoms with Gasteiger partial charge in [-0.05, 0) is 68.9 Å². The minimum Gasteiger partial charge on any atom is -0.326 e. The number of hydrogen-bond acceptors (Lipinski definition) is 4. The molecule has 2 rings (SSSR count). The first-order chi connectivity index (χ1) is 11.3. The molecule has 1 aliphatic rings. The van der Waals surface area contributed by atoms with E-state index in [1.165, 1.54) is 12.5 Å². The Morgan fingerprint density at radius 2 is 2.00 bits per heavy atom. The summed E-state index contributed by atoms with van der Waals surface area (Å²) in [5, 5.41) is 2.82. The van der Waals surface area contributed by atoms with Crippen LogP contribution in [0.3, 0.4) is 0 Å². The lowest BCUT2D eigenvalue weighted by Gasteiger charge is -2.32. The number of nitrogens with zero attached hydrogens (tertiary/aromatic N) is 1. The van der Waals surface area contributed by atoms with Crippen LogP contribution in [-0.2, 0) is 14.9 Å². The van der Waals surface area contributed by atoms with Crippen LogP contribution in [0.15, 0.2) is 24.3 Å². The molecule has 0 spiro atoms. The second-order valence-electron chi connectivity index (χ2n) is 6.42.